The minimum atomic E-state index is -0.233. The van der Waals surface area contributed by atoms with Gasteiger partial charge in [0.15, 0.2) is 0 Å². The summed E-state index contributed by atoms with van der Waals surface area (Å²) in [6, 6.07) is 10.8. The molecule has 0 aliphatic carbocycles. The molecule has 3 aromatic rings. The van der Waals surface area contributed by atoms with Crippen molar-refractivity contribution in [3.05, 3.63) is 52.3 Å². The Balaban J connectivity index is 1.65. The fraction of sp³-hybridized carbons (Fsp3) is 0.316. The summed E-state index contributed by atoms with van der Waals surface area (Å²) in [5, 5.41) is 7.24. The fourth-order valence-corrected chi connectivity index (χ4v) is 2.75. The van der Waals surface area contributed by atoms with Crippen LogP contribution < -0.4 is 20.5 Å². The van der Waals surface area contributed by atoms with Crippen molar-refractivity contribution in [2.24, 2.45) is 7.05 Å². The highest BCUT2D eigenvalue weighted by molar-refractivity contribution is 5.55. The van der Waals surface area contributed by atoms with E-state index in [1.165, 1.54) is 16.8 Å². The molecular formula is C19H21N7O3. The number of rotatable bonds is 5. The molecule has 4 rings (SSSR count). The van der Waals surface area contributed by atoms with E-state index in [1.54, 1.807) is 7.05 Å². The Bertz CT molecular complexity index is 1050. The van der Waals surface area contributed by atoms with Crippen molar-refractivity contribution in [2.75, 3.05) is 36.5 Å². The van der Waals surface area contributed by atoms with Gasteiger partial charge in [-0.25, -0.2) is 4.68 Å². The molecule has 3 heterocycles. The normalized spacial score (nSPS) is 13.9. The third-order valence-electron chi connectivity index (χ3n) is 4.34. The van der Waals surface area contributed by atoms with Crippen LogP contribution in [0, 0.1) is 6.92 Å². The van der Waals surface area contributed by atoms with E-state index < -0.39 is 0 Å². The molecule has 0 saturated carbocycles. The number of hydrogen-bond acceptors (Lipinski definition) is 9. The zero-order valence-electron chi connectivity index (χ0n) is 16.2. The first-order chi connectivity index (χ1) is 14.1. The molecule has 10 heteroatoms. The number of nitrogens with one attached hydrogen (secondary N) is 1. The van der Waals surface area contributed by atoms with E-state index in [0.29, 0.717) is 38.2 Å². The van der Waals surface area contributed by atoms with Gasteiger partial charge in [-0.1, -0.05) is 17.7 Å². The van der Waals surface area contributed by atoms with Crippen molar-refractivity contribution in [2.45, 2.75) is 6.92 Å². The average molecular weight is 395 g/mol. The number of morpholine rings is 1. The first-order valence-electron chi connectivity index (χ1n) is 9.21. The standard InChI is InChI=1S/C19H21N7O3/c1-13-3-5-14(6-4-13)20-17-21-18(26-9-11-28-12-10-26)23-19(22-17)29-15-7-8-16(27)25(2)24-15/h3-8H,9-12H2,1-2H3,(H,20,21,22,23). The van der Waals surface area contributed by atoms with Crippen molar-refractivity contribution in [3.8, 4) is 11.9 Å². The van der Waals surface area contributed by atoms with Crippen molar-refractivity contribution < 1.29 is 9.47 Å². The Morgan fingerprint density at radius 3 is 2.52 bits per heavy atom. The van der Waals surface area contributed by atoms with Crippen LogP contribution in [0.25, 0.3) is 0 Å². The summed E-state index contributed by atoms with van der Waals surface area (Å²) in [6.45, 7) is 4.57. The van der Waals surface area contributed by atoms with E-state index in [0.717, 1.165) is 11.3 Å². The molecule has 29 heavy (non-hydrogen) atoms. The Hall–Kier alpha value is -3.53. The van der Waals surface area contributed by atoms with E-state index in [4.69, 9.17) is 9.47 Å². The van der Waals surface area contributed by atoms with Crippen LogP contribution in [-0.2, 0) is 11.8 Å². The lowest BCUT2D eigenvalue weighted by Crippen LogP contribution is -2.37. The molecule has 0 bridgehead atoms. The Kier molecular flexibility index (Phi) is 5.34. The van der Waals surface area contributed by atoms with Gasteiger partial charge >= 0.3 is 6.01 Å². The number of nitrogens with zero attached hydrogens (tertiary/aromatic N) is 6. The average Bonchev–Trinajstić information content (AvgIpc) is 2.73. The minimum Gasteiger partial charge on any atom is -0.403 e. The largest absolute Gasteiger partial charge is 0.403 e. The van der Waals surface area contributed by atoms with Crippen LogP contribution in [0.4, 0.5) is 17.6 Å². The van der Waals surface area contributed by atoms with Crippen LogP contribution in [0.5, 0.6) is 11.9 Å². The monoisotopic (exact) mass is 395 g/mol. The second-order valence-electron chi connectivity index (χ2n) is 6.57. The molecule has 10 nitrogen and oxygen atoms in total. The van der Waals surface area contributed by atoms with Gasteiger partial charge in [-0.15, -0.1) is 5.10 Å². The number of ether oxygens (including phenoxy) is 2. The van der Waals surface area contributed by atoms with E-state index in [1.807, 2.05) is 36.1 Å². The minimum absolute atomic E-state index is 0.0854. The van der Waals surface area contributed by atoms with Crippen molar-refractivity contribution >= 4 is 17.6 Å². The molecule has 1 saturated heterocycles. The summed E-state index contributed by atoms with van der Waals surface area (Å²) in [5.41, 5.74) is 1.77. The van der Waals surface area contributed by atoms with E-state index in [-0.39, 0.29) is 17.4 Å². The fourth-order valence-electron chi connectivity index (χ4n) is 2.75. The first-order valence-corrected chi connectivity index (χ1v) is 9.21. The third-order valence-corrected chi connectivity index (χ3v) is 4.34. The molecule has 0 amide bonds. The molecule has 0 atom stereocenters. The summed E-state index contributed by atoms with van der Waals surface area (Å²) in [7, 11) is 1.55. The maximum atomic E-state index is 11.5. The van der Waals surface area contributed by atoms with Gasteiger partial charge in [0.1, 0.15) is 0 Å². The van der Waals surface area contributed by atoms with Gasteiger partial charge in [-0.2, -0.15) is 15.0 Å². The predicted molar refractivity (Wildman–Crippen MR) is 107 cm³/mol. The van der Waals surface area contributed by atoms with E-state index >= 15 is 0 Å². The van der Waals surface area contributed by atoms with Crippen molar-refractivity contribution in [1.82, 2.24) is 24.7 Å². The van der Waals surface area contributed by atoms with Gasteiger partial charge in [-0.05, 0) is 19.1 Å². The van der Waals surface area contributed by atoms with E-state index in [2.05, 4.69) is 25.4 Å². The zero-order valence-corrected chi connectivity index (χ0v) is 16.2. The molecule has 1 fully saturated rings. The molecule has 1 N–H and O–H groups in total. The highest BCUT2D eigenvalue weighted by Crippen LogP contribution is 2.22. The van der Waals surface area contributed by atoms with Crippen molar-refractivity contribution in [1.29, 1.82) is 0 Å². The van der Waals surface area contributed by atoms with Crippen LogP contribution in [0.3, 0.4) is 0 Å². The highest BCUT2D eigenvalue weighted by Gasteiger charge is 2.18. The maximum Gasteiger partial charge on any atom is 0.330 e. The molecule has 1 aliphatic heterocycles. The molecule has 1 aliphatic rings. The van der Waals surface area contributed by atoms with Gasteiger partial charge in [0, 0.05) is 38.0 Å². The first kappa shape index (κ1) is 18.8. The lowest BCUT2D eigenvalue weighted by molar-refractivity contribution is 0.122. The quantitative estimate of drug-likeness (QED) is 0.690. The molecule has 1 aromatic carbocycles. The van der Waals surface area contributed by atoms with Crippen LogP contribution in [0.1, 0.15) is 5.56 Å². The number of hydrogen-bond donors (Lipinski definition) is 1. The molecular weight excluding hydrogens is 374 g/mol. The summed E-state index contributed by atoms with van der Waals surface area (Å²) in [6.07, 6.45) is 0. The third kappa shape index (κ3) is 4.66. The van der Waals surface area contributed by atoms with Crippen LogP contribution in [-0.4, -0.2) is 51.0 Å². The van der Waals surface area contributed by atoms with Crippen LogP contribution in [0.2, 0.25) is 0 Å². The second-order valence-corrected chi connectivity index (χ2v) is 6.57. The molecule has 0 spiro atoms. The van der Waals surface area contributed by atoms with Gasteiger partial charge in [0.05, 0.1) is 13.2 Å². The number of aromatic nitrogens is 5. The molecule has 0 radical (unpaired) electrons. The SMILES string of the molecule is Cc1ccc(Nc2nc(Oc3ccc(=O)n(C)n3)nc(N3CCOCC3)n2)cc1. The number of benzene rings is 1. The van der Waals surface area contributed by atoms with Crippen LogP contribution >= 0.6 is 0 Å². The molecule has 0 unspecified atom stereocenters. The summed E-state index contributed by atoms with van der Waals surface area (Å²) < 4.78 is 12.3. The smallest absolute Gasteiger partial charge is 0.330 e. The highest BCUT2D eigenvalue weighted by atomic mass is 16.5. The molecule has 150 valence electrons. The Morgan fingerprint density at radius 1 is 1.03 bits per heavy atom. The number of aryl methyl sites for hydroxylation is 2. The summed E-state index contributed by atoms with van der Waals surface area (Å²) >= 11 is 0. The Morgan fingerprint density at radius 2 is 1.79 bits per heavy atom. The van der Waals surface area contributed by atoms with Gasteiger partial charge in [0.25, 0.3) is 5.56 Å². The second kappa shape index (κ2) is 8.23. The van der Waals surface area contributed by atoms with Crippen LogP contribution in [0.15, 0.2) is 41.2 Å². The number of anilines is 3. The molecule has 2 aromatic heterocycles. The van der Waals surface area contributed by atoms with E-state index in [9.17, 15) is 4.79 Å². The van der Waals surface area contributed by atoms with Gasteiger partial charge in [0.2, 0.25) is 17.8 Å². The Labute approximate surface area is 167 Å². The summed E-state index contributed by atoms with van der Waals surface area (Å²) in [5.74, 6) is 1.05. The zero-order chi connectivity index (χ0) is 20.2. The lowest BCUT2D eigenvalue weighted by atomic mass is 10.2. The predicted octanol–water partition coefficient (Wildman–Crippen LogP) is 1.65. The van der Waals surface area contributed by atoms with Crippen molar-refractivity contribution in [3.63, 3.8) is 0 Å². The topological polar surface area (TPSA) is 107 Å². The van der Waals surface area contributed by atoms with Gasteiger partial charge < -0.3 is 19.7 Å². The lowest BCUT2D eigenvalue weighted by Gasteiger charge is -2.26. The maximum absolute atomic E-state index is 11.5. The van der Waals surface area contributed by atoms with Gasteiger partial charge in [-0.3, -0.25) is 4.79 Å². The summed E-state index contributed by atoms with van der Waals surface area (Å²) in [4.78, 5) is 26.8.